The van der Waals surface area contributed by atoms with Crippen LogP contribution in [-0.2, 0) is 14.6 Å². The number of nitrogens with zero attached hydrogens (tertiary/aromatic N) is 4. The number of fused-ring (bicyclic) bond motifs is 1. The van der Waals surface area contributed by atoms with Crippen LogP contribution in [0.4, 0.5) is 11.4 Å². The quantitative estimate of drug-likeness (QED) is 0.340. The van der Waals surface area contributed by atoms with Crippen LogP contribution in [0.1, 0.15) is 36.2 Å². The molecule has 1 atom stereocenters. The van der Waals surface area contributed by atoms with Gasteiger partial charge in [-0.25, -0.2) is 23.4 Å². The lowest BCUT2D eigenvalue weighted by Gasteiger charge is -2.25. The summed E-state index contributed by atoms with van der Waals surface area (Å²) < 4.78 is 33.3. The normalized spacial score (nSPS) is 16.8. The molecule has 1 fully saturated rings. The molecule has 1 aliphatic heterocycles. The third kappa shape index (κ3) is 4.43. The summed E-state index contributed by atoms with van der Waals surface area (Å²) in [6.07, 6.45) is 5.80. The molecule has 178 valence electrons. The minimum Gasteiger partial charge on any atom is -0.358 e. The number of sulfone groups is 1. The van der Waals surface area contributed by atoms with E-state index < -0.39 is 9.84 Å². The van der Waals surface area contributed by atoms with Crippen LogP contribution in [0.2, 0.25) is 5.15 Å². The standard InChI is InChI=1S/C23H24ClN5O3S2/c1-13-12-25-23(33-13)15-7-8-16(18(10-15)34(3,30)31)27-17-11-19(24)28-22-21(17)26-14(2)29(22)20-6-4-5-9-32-20/h7-8,10-12,20H,4-6,9H2,1-3H3,(H,27,28). The molecule has 4 heterocycles. The van der Waals surface area contributed by atoms with Crippen LogP contribution in [0, 0.1) is 13.8 Å². The van der Waals surface area contributed by atoms with Crippen molar-refractivity contribution in [2.75, 3.05) is 18.2 Å². The van der Waals surface area contributed by atoms with Crippen molar-refractivity contribution in [1.82, 2.24) is 19.5 Å². The molecule has 5 rings (SSSR count). The fraction of sp³-hybridized carbons (Fsp3) is 0.348. The van der Waals surface area contributed by atoms with E-state index in [0.717, 1.165) is 40.5 Å². The highest BCUT2D eigenvalue weighted by molar-refractivity contribution is 7.90. The Labute approximate surface area is 206 Å². The van der Waals surface area contributed by atoms with Crippen molar-refractivity contribution in [3.63, 3.8) is 0 Å². The first-order chi connectivity index (χ1) is 16.2. The molecule has 8 nitrogen and oxygen atoms in total. The second-order valence-corrected chi connectivity index (χ2v) is 12.0. The first kappa shape index (κ1) is 23.2. The number of benzene rings is 1. The molecule has 0 aliphatic carbocycles. The number of halogens is 1. The predicted molar refractivity (Wildman–Crippen MR) is 135 cm³/mol. The monoisotopic (exact) mass is 517 g/mol. The van der Waals surface area contributed by atoms with E-state index in [0.29, 0.717) is 29.1 Å². The van der Waals surface area contributed by atoms with Crippen LogP contribution in [0.3, 0.4) is 0 Å². The number of anilines is 2. The number of rotatable bonds is 5. The lowest BCUT2D eigenvalue weighted by atomic mass is 10.2. The van der Waals surface area contributed by atoms with E-state index in [1.807, 2.05) is 24.5 Å². The van der Waals surface area contributed by atoms with Crippen LogP contribution < -0.4 is 5.32 Å². The highest BCUT2D eigenvalue weighted by Crippen LogP contribution is 2.36. The third-order valence-corrected chi connectivity index (χ3v) is 8.05. The Balaban J connectivity index is 1.60. The van der Waals surface area contributed by atoms with Gasteiger partial charge < -0.3 is 10.1 Å². The summed E-state index contributed by atoms with van der Waals surface area (Å²) in [7, 11) is -3.54. The van der Waals surface area contributed by atoms with E-state index >= 15 is 0 Å². The van der Waals surface area contributed by atoms with Crippen LogP contribution >= 0.6 is 22.9 Å². The van der Waals surface area contributed by atoms with E-state index in [9.17, 15) is 8.42 Å². The molecule has 0 bridgehead atoms. The SMILES string of the molecule is Cc1cnc(-c2ccc(Nc3cc(Cl)nc4c3nc(C)n4C3CCCCO3)c(S(C)(=O)=O)c2)s1. The van der Waals surface area contributed by atoms with Crippen molar-refractivity contribution in [2.45, 2.75) is 44.2 Å². The zero-order valence-corrected chi connectivity index (χ0v) is 21.4. The highest BCUT2D eigenvalue weighted by Gasteiger charge is 2.24. The van der Waals surface area contributed by atoms with E-state index in [1.165, 1.54) is 17.6 Å². The summed E-state index contributed by atoms with van der Waals surface area (Å²) in [4.78, 5) is 14.9. The lowest BCUT2D eigenvalue weighted by Crippen LogP contribution is -2.19. The molecular formula is C23H24ClN5O3S2. The fourth-order valence-corrected chi connectivity index (χ4v) is 6.02. The van der Waals surface area contributed by atoms with Gasteiger partial charge >= 0.3 is 0 Å². The van der Waals surface area contributed by atoms with Crippen LogP contribution in [0.5, 0.6) is 0 Å². The van der Waals surface area contributed by atoms with Crippen molar-refractivity contribution in [1.29, 1.82) is 0 Å². The second kappa shape index (κ2) is 8.92. The Morgan fingerprint density at radius 1 is 1.18 bits per heavy atom. The molecule has 4 aromatic rings. The summed E-state index contributed by atoms with van der Waals surface area (Å²) in [6.45, 7) is 4.56. The van der Waals surface area contributed by atoms with Crippen molar-refractivity contribution in [3.8, 4) is 10.6 Å². The first-order valence-electron chi connectivity index (χ1n) is 10.9. The number of pyridine rings is 1. The van der Waals surface area contributed by atoms with Crippen LogP contribution in [0.25, 0.3) is 21.7 Å². The Kier molecular flexibility index (Phi) is 6.09. The minimum absolute atomic E-state index is 0.148. The lowest BCUT2D eigenvalue weighted by molar-refractivity contribution is -0.0309. The summed E-state index contributed by atoms with van der Waals surface area (Å²) in [5.74, 6) is 0.762. The molecule has 1 unspecified atom stereocenters. The Bertz CT molecular complexity index is 1490. The Morgan fingerprint density at radius 2 is 2.00 bits per heavy atom. The molecule has 34 heavy (non-hydrogen) atoms. The number of aryl methyl sites for hydroxylation is 2. The van der Waals surface area contributed by atoms with E-state index in [4.69, 9.17) is 21.3 Å². The summed E-state index contributed by atoms with van der Waals surface area (Å²) in [5.41, 5.74) is 2.97. The summed E-state index contributed by atoms with van der Waals surface area (Å²) in [5, 5.41) is 4.30. The minimum atomic E-state index is -3.54. The van der Waals surface area contributed by atoms with Gasteiger partial charge in [0.25, 0.3) is 0 Å². The average Bonchev–Trinajstić information content (AvgIpc) is 3.36. The van der Waals surface area contributed by atoms with Gasteiger partial charge in [0.05, 0.1) is 16.3 Å². The molecule has 1 saturated heterocycles. The van der Waals surface area contributed by atoms with Gasteiger partial charge in [-0.05, 0) is 51.3 Å². The van der Waals surface area contributed by atoms with Crippen molar-refractivity contribution >= 4 is 55.3 Å². The molecular weight excluding hydrogens is 494 g/mol. The number of hydrogen-bond acceptors (Lipinski definition) is 8. The number of aromatic nitrogens is 4. The highest BCUT2D eigenvalue weighted by atomic mass is 35.5. The van der Waals surface area contributed by atoms with Gasteiger partial charge in [0.1, 0.15) is 27.7 Å². The van der Waals surface area contributed by atoms with Gasteiger partial charge in [-0.2, -0.15) is 0 Å². The second-order valence-electron chi connectivity index (χ2n) is 8.40. The van der Waals surface area contributed by atoms with Gasteiger partial charge in [0, 0.05) is 35.6 Å². The first-order valence-corrected chi connectivity index (χ1v) is 14.0. The predicted octanol–water partition coefficient (Wildman–Crippen LogP) is 5.67. The molecule has 0 amide bonds. The third-order valence-electron chi connectivity index (χ3n) is 5.76. The van der Waals surface area contributed by atoms with Gasteiger partial charge in [-0.15, -0.1) is 11.3 Å². The van der Waals surface area contributed by atoms with Crippen LogP contribution in [-0.4, -0.2) is 40.8 Å². The maximum absolute atomic E-state index is 12.7. The number of nitrogens with one attached hydrogen (secondary N) is 1. The largest absolute Gasteiger partial charge is 0.358 e. The maximum atomic E-state index is 12.7. The molecule has 1 aromatic carbocycles. The molecule has 0 radical (unpaired) electrons. The molecule has 0 saturated carbocycles. The molecule has 1 N–H and O–H groups in total. The number of thiazole rings is 1. The topological polar surface area (TPSA) is 99.0 Å². The van der Waals surface area contributed by atoms with E-state index in [-0.39, 0.29) is 16.3 Å². The van der Waals surface area contributed by atoms with Crippen molar-refractivity contribution in [3.05, 3.63) is 46.3 Å². The Hall–Kier alpha value is -2.53. The van der Waals surface area contributed by atoms with Gasteiger partial charge in [-0.1, -0.05) is 11.6 Å². The smallest absolute Gasteiger partial charge is 0.177 e. The van der Waals surface area contributed by atoms with Crippen molar-refractivity contribution in [2.24, 2.45) is 0 Å². The van der Waals surface area contributed by atoms with Gasteiger partial charge in [0.15, 0.2) is 15.5 Å². The molecule has 11 heteroatoms. The van der Waals surface area contributed by atoms with Crippen molar-refractivity contribution < 1.29 is 13.2 Å². The van der Waals surface area contributed by atoms with E-state index in [2.05, 4.69) is 15.3 Å². The molecule has 1 aliphatic rings. The maximum Gasteiger partial charge on any atom is 0.177 e. The Morgan fingerprint density at radius 3 is 2.68 bits per heavy atom. The number of hydrogen-bond donors (Lipinski definition) is 1. The summed E-state index contributed by atoms with van der Waals surface area (Å²) in [6, 6.07) is 6.91. The zero-order valence-electron chi connectivity index (χ0n) is 19.0. The zero-order chi connectivity index (χ0) is 24.0. The van der Waals surface area contributed by atoms with Crippen LogP contribution in [0.15, 0.2) is 35.4 Å². The molecule has 3 aromatic heterocycles. The summed E-state index contributed by atoms with van der Waals surface area (Å²) >= 11 is 7.90. The fourth-order valence-electron chi connectivity index (χ4n) is 4.21. The number of imidazole rings is 1. The van der Waals surface area contributed by atoms with Gasteiger partial charge in [-0.3, -0.25) is 4.57 Å². The molecule has 0 spiro atoms. The van der Waals surface area contributed by atoms with Gasteiger partial charge in [0.2, 0.25) is 0 Å². The average molecular weight is 518 g/mol. The number of ether oxygens (including phenoxy) is 1. The van der Waals surface area contributed by atoms with E-state index in [1.54, 1.807) is 24.4 Å².